The van der Waals surface area contributed by atoms with E-state index in [4.69, 9.17) is 4.74 Å². The maximum atomic E-state index is 11.2. The Morgan fingerprint density at radius 1 is 0.857 bits per heavy atom. The average molecular weight is 304 g/mol. The number of carbonyl (C=O) groups is 2. The van der Waals surface area contributed by atoms with E-state index in [0.29, 0.717) is 13.0 Å². The van der Waals surface area contributed by atoms with E-state index in [9.17, 15) is 9.59 Å². The van der Waals surface area contributed by atoms with Crippen LogP contribution in [0.15, 0.2) is 0 Å². The van der Waals surface area contributed by atoms with E-state index in [1.165, 1.54) is 12.8 Å². The minimum atomic E-state index is -0.0281. The number of unbranched alkanes of at least 4 members (excludes halogenated alkanes) is 5. The average Bonchev–Trinajstić information content (AvgIpc) is 2.47. The molecule has 0 rings (SSSR count). The second-order valence-corrected chi connectivity index (χ2v) is 5.21. The monoisotopic (exact) mass is 304 g/mol. The zero-order chi connectivity index (χ0) is 15.8. The van der Waals surface area contributed by atoms with Gasteiger partial charge in [-0.25, -0.2) is 0 Å². The van der Waals surface area contributed by atoms with Crippen molar-refractivity contribution in [2.45, 2.75) is 65.2 Å². The fourth-order valence-corrected chi connectivity index (χ4v) is 1.97. The Bertz CT molecular complexity index is 280. The highest BCUT2D eigenvalue weighted by Crippen LogP contribution is 2.04. The predicted molar refractivity (Wildman–Crippen MR) is 89.4 cm³/mol. The lowest BCUT2D eigenvalue weighted by atomic mass is 10.1. The molecule has 2 N–H and O–H groups in total. The van der Waals surface area contributed by atoms with Gasteiger partial charge in [0.05, 0.1) is 0 Å². The largest absolute Gasteiger partial charge is 0.372 e. The van der Waals surface area contributed by atoms with E-state index in [-0.39, 0.29) is 21.3 Å². The van der Waals surface area contributed by atoms with Crippen LogP contribution in [0, 0.1) is 0 Å². The van der Waals surface area contributed by atoms with Crippen molar-refractivity contribution < 1.29 is 17.2 Å². The van der Waals surface area contributed by atoms with Crippen LogP contribution in [0.2, 0.25) is 0 Å². The summed E-state index contributed by atoms with van der Waals surface area (Å²) in [6, 6.07) is 0. The maximum Gasteiger partial charge on any atom is 0.245 e. The maximum absolute atomic E-state index is 11.2. The third-order valence-electron chi connectivity index (χ3n) is 3.16. The number of carbonyl (C=O) groups excluding carboxylic acids is 2. The standard InChI is InChI=1S/C16H32N2O3.2H2/c1-3-11-15(19)17-12-9-7-5-6-8-10-13-18-16(20)14-21-4-2;;/h3-14H2,1-2H3,(H,17,19)(H,18,20);2*1H. The van der Waals surface area contributed by atoms with Crippen LogP contribution in [0.25, 0.3) is 0 Å². The number of amides is 2. The molecule has 0 atom stereocenters. The van der Waals surface area contributed by atoms with Gasteiger partial charge in [-0.05, 0) is 26.2 Å². The van der Waals surface area contributed by atoms with Crippen LogP contribution in [0.5, 0.6) is 0 Å². The van der Waals surface area contributed by atoms with Crippen LogP contribution < -0.4 is 10.6 Å². The van der Waals surface area contributed by atoms with E-state index in [1.807, 2.05) is 13.8 Å². The number of nitrogens with one attached hydrogen (secondary N) is 2. The first kappa shape index (κ1) is 19.9. The van der Waals surface area contributed by atoms with Crippen LogP contribution in [-0.4, -0.2) is 38.1 Å². The summed E-state index contributed by atoms with van der Waals surface area (Å²) >= 11 is 0. The lowest BCUT2D eigenvalue weighted by Gasteiger charge is -2.06. The summed E-state index contributed by atoms with van der Waals surface area (Å²) in [5.74, 6) is 0.139. The van der Waals surface area contributed by atoms with Crippen molar-refractivity contribution in [1.82, 2.24) is 10.6 Å². The van der Waals surface area contributed by atoms with Gasteiger partial charge >= 0.3 is 0 Å². The van der Waals surface area contributed by atoms with Crippen LogP contribution in [-0.2, 0) is 14.3 Å². The number of hydrogen-bond acceptors (Lipinski definition) is 3. The third kappa shape index (κ3) is 15.1. The van der Waals surface area contributed by atoms with Crippen molar-refractivity contribution in [2.24, 2.45) is 0 Å². The topological polar surface area (TPSA) is 67.4 Å². The molecular weight excluding hydrogens is 268 g/mol. The molecule has 0 saturated heterocycles. The second-order valence-electron chi connectivity index (χ2n) is 5.21. The highest BCUT2D eigenvalue weighted by Gasteiger charge is 1.99. The molecule has 5 nitrogen and oxygen atoms in total. The van der Waals surface area contributed by atoms with Gasteiger partial charge in [0, 0.05) is 29.0 Å². The fraction of sp³-hybridized carbons (Fsp3) is 0.875. The van der Waals surface area contributed by atoms with Crippen LogP contribution in [0.1, 0.15) is 68.1 Å². The zero-order valence-electron chi connectivity index (χ0n) is 13.7. The number of rotatable bonds is 14. The molecule has 0 aromatic rings. The predicted octanol–water partition coefficient (Wildman–Crippen LogP) is 2.89. The molecule has 0 aliphatic rings. The molecule has 2 amide bonds. The molecule has 0 bridgehead atoms. The van der Waals surface area contributed by atoms with Crippen molar-refractivity contribution in [2.75, 3.05) is 26.3 Å². The molecule has 21 heavy (non-hydrogen) atoms. The highest BCUT2D eigenvalue weighted by molar-refractivity contribution is 5.77. The first-order valence-electron chi connectivity index (χ1n) is 8.31. The van der Waals surface area contributed by atoms with Gasteiger partial charge in [0.2, 0.25) is 11.8 Å². The van der Waals surface area contributed by atoms with Crippen molar-refractivity contribution in [3.05, 3.63) is 0 Å². The van der Waals surface area contributed by atoms with Gasteiger partial charge < -0.3 is 15.4 Å². The quantitative estimate of drug-likeness (QED) is 0.485. The van der Waals surface area contributed by atoms with E-state index in [1.54, 1.807) is 0 Å². The zero-order valence-corrected chi connectivity index (χ0v) is 13.7. The third-order valence-corrected chi connectivity index (χ3v) is 3.16. The Labute approximate surface area is 132 Å². The van der Waals surface area contributed by atoms with Crippen LogP contribution in [0.4, 0.5) is 0 Å². The van der Waals surface area contributed by atoms with E-state index in [2.05, 4.69) is 10.6 Å². The summed E-state index contributed by atoms with van der Waals surface area (Å²) in [6.45, 7) is 6.17. The summed E-state index contributed by atoms with van der Waals surface area (Å²) in [5.41, 5.74) is 0. The molecule has 0 unspecified atom stereocenters. The summed E-state index contributed by atoms with van der Waals surface area (Å²) in [5, 5.41) is 5.77. The van der Waals surface area contributed by atoms with Crippen LogP contribution >= 0.6 is 0 Å². The van der Waals surface area contributed by atoms with Crippen molar-refractivity contribution >= 4 is 11.8 Å². The molecule has 0 fully saturated rings. The molecule has 128 valence electrons. The first-order valence-corrected chi connectivity index (χ1v) is 8.31. The summed E-state index contributed by atoms with van der Waals surface area (Å²) < 4.78 is 5.02. The molecule has 0 spiro atoms. The van der Waals surface area contributed by atoms with E-state index < -0.39 is 0 Å². The smallest absolute Gasteiger partial charge is 0.245 e. The van der Waals surface area contributed by atoms with Crippen molar-refractivity contribution in [3.8, 4) is 0 Å². The Morgan fingerprint density at radius 3 is 1.90 bits per heavy atom. The highest BCUT2D eigenvalue weighted by atomic mass is 16.5. The van der Waals surface area contributed by atoms with Gasteiger partial charge in [-0.1, -0.05) is 32.6 Å². The SMILES string of the molecule is CCCC(=O)NCCCCCCCCNC(=O)COCC.[HH].[HH]. The fourth-order valence-electron chi connectivity index (χ4n) is 1.97. The minimum absolute atomic E-state index is 0. The van der Waals surface area contributed by atoms with Gasteiger partial charge in [-0.15, -0.1) is 0 Å². The van der Waals surface area contributed by atoms with Crippen molar-refractivity contribution in [1.29, 1.82) is 0 Å². The molecule has 0 heterocycles. The Balaban J connectivity index is -0.00000200. The lowest BCUT2D eigenvalue weighted by Crippen LogP contribution is -2.28. The number of hydrogen-bond donors (Lipinski definition) is 2. The Hall–Kier alpha value is -1.10. The number of ether oxygens (including phenoxy) is 1. The van der Waals surface area contributed by atoms with Crippen molar-refractivity contribution in [3.63, 3.8) is 0 Å². The van der Waals surface area contributed by atoms with Crippen LogP contribution in [0.3, 0.4) is 0 Å². The normalized spacial score (nSPS) is 10.4. The molecule has 0 aliphatic heterocycles. The van der Waals surface area contributed by atoms with E-state index in [0.717, 1.165) is 45.2 Å². The Morgan fingerprint density at radius 2 is 1.38 bits per heavy atom. The van der Waals surface area contributed by atoms with E-state index >= 15 is 0 Å². The van der Waals surface area contributed by atoms with Gasteiger partial charge in [0.25, 0.3) is 0 Å². The van der Waals surface area contributed by atoms with Gasteiger partial charge in [-0.2, -0.15) is 0 Å². The summed E-state index contributed by atoms with van der Waals surface area (Å²) in [7, 11) is 0. The first-order chi connectivity index (χ1) is 10.2. The molecule has 0 saturated carbocycles. The van der Waals surface area contributed by atoms with Gasteiger partial charge in [0.15, 0.2) is 0 Å². The summed E-state index contributed by atoms with van der Waals surface area (Å²) in [4.78, 5) is 22.5. The van der Waals surface area contributed by atoms with Gasteiger partial charge in [0.1, 0.15) is 6.61 Å². The second kappa shape index (κ2) is 15.3. The Kier molecular flexibility index (Phi) is 14.5. The minimum Gasteiger partial charge on any atom is -0.372 e. The molecule has 0 aliphatic carbocycles. The molecule has 0 radical (unpaired) electrons. The summed E-state index contributed by atoms with van der Waals surface area (Å²) in [6.07, 6.45) is 8.29. The molecule has 0 aromatic carbocycles. The lowest BCUT2D eigenvalue weighted by molar-refractivity contribution is -0.125. The molecule has 0 aromatic heterocycles. The molecular formula is C16H36N2O3. The van der Waals surface area contributed by atoms with Gasteiger partial charge in [-0.3, -0.25) is 9.59 Å². The molecule has 5 heteroatoms.